The van der Waals surface area contributed by atoms with Gasteiger partial charge in [-0.15, -0.1) is 0 Å². The van der Waals surface area contributed by atoms with Gasteiger partial charge in [0.05, 0.1) is 0 Å². The van der Waals surface area contributed by atoms with Gasteiger partial charge < -0.3 is 5.48 Å². The molecule has 0 aromatic heterocycles. The summed E-state index contributed by atoms with van der Waals surface area (Å²) in [5, 5.41) is 0. The molecule has 5 heteroatoms. The zero-order chi connectivity index (χ0) is 2.71. The molecule has 0 fully saturated rings. The second kappa shape index (κ2) is 19.4. The van der Waals surface area contributed by atoms with E-state index in [-0.39, 0.29) is 35.0 Å². The second-order valence-corrected chi connectivity index (χ2v) is 0.433. The standard InChI is InChI=1S/GeO2.Na.H2O/c2-1-3;;/h;;1H2/q;+1;/p-1. The van der Waals surface area contributed by atoms with Crippen LogP contribution in [0.2, 0.25) is 0 Å². The summed E-state index contributed by atoms with van der Waals surface area (Å²) in [6.07, 6.45) is 0. The van der Waals surface area contributed by atoms with E-state index in [1.807, 2.05) is 0 Å². The Labute approximate surface area is 57.6 Å². The number of hydrogen-bond acceptors (Lipinski definition) is 3. The van der Waals surface area contributed by atoms with Gasteiger partial charge in [-0.3, -0.25) is 0 Å². The SMILES string of the molecule is [Na+].[OH-].[O]=[Ge]=[O]. The Morgan fingerprint density at radius 3 is 1.20 bits per heavy atom. The van der Waals surface area contributed by atoms with Crippen molar-refractivity contribution < 1.29 is 42.6 Å². The van der Waals surface area contributed by atoms with Gasteiger partial charge in [0.15, 0.2) is 0 Å². The van der Waals surface area contributed by atoms with Crippen LogP contribution in [-0.2, 0) is 7.56 Å². The Morgan fingerprint density at radius 2 is 1.20 bits per heavy atom. The molecule has 0 rings (SSSR count). The van der Waals surface area contributed by atoms with E-state index >= 15 is 0 Å². The van der Waals surface area contributed by atoms with Crippen LogP contribution in [0.1, 0.15) is 0 Å². The van der Waals surface area contributed by atoms with Crippen LogP contribution in [0.15, 0.2) is 0 Å². The van der Waals surface area contributed by atoms with Crippen LogP contribution in [-0.4, -0.2) is 20.8 Å². The molecule has 0 aromatic carbocycles. The molecule has 0 aliphatic rings. The molecule has 0 saturated carbocycles. The van der Waals surface area contributed by atoms with Gasteiger partial charge in [-0.25, -0.2) is 0 Å². The molecular weight excluding hydrogens is 144 g/mol. The van der Waals surface area contributed by atoms with Crippen molar-refractivity contribution in [2.45, 2.75) is 0 Å². The van der Waals surface area contributed by atoms with E-state index in [1.54, 1.807) is 0 Å². The molecule has 0 heterocycles. The van der Waals surface area contributed by atoms with Gasteiger partial charge in [0.2, 0.25) is 0 Å². The number of hydrogen-bond donors (Lipinski definition) is 0. The minimum atomic E-state index is -2.00. The first-order valence-electron chi connectivity index (χ1n) is 0.408. The molecule has 24 valence electrons. The molecule has 0 aromatic rings. The van der Waals surface area contributed by atoms with Gasteiger partial charge in [0, 0.05) is 0 Å². The Balaban J connectivity index is -0.0000000200. The van der Waals surface area contributed by atoms with E-state index < -0.39 is 15.3 Å². The Bertz CT molecular complexity index is 27.9. The minimum absolute atomic E-state index is 0. The maximum absolute atomic E-state index is 8.50. The predicted molar refractivity (Wildman–Crippen MR) is 9.06 cm³/mol. The van der Waals surface area contributed by atoms with Crippen LogP contribution in [0, 0.1) is 0 Å². The summed E-state index contributed by atoms with van der Waals surface area (Å²) in [4.78, 5) is 0. The van der Waals surface area contributed by atoms with E-state index in [0.29, 0.717) is 0 Å². The van der Waals surface area contributed by atoms with E-state index in [4.69, 9.17) is 7.56 Å². The first kappa shape index (κ1) is 16.5. The zero-order valence-corrected chi connectivity index (χ0v) is 6.86. The summed E-state index contributed by atoms with van der Waals surface area (Å²) < 4.78 is 17.0. The first-order chi connectivity index (χ1) is 1.41. The van der Waals surface area contributed by atoms with E-state index in [2.05, 4.69) is 0 Å². The van der Waals surface area contributed by atoms with Crippen LogP contribution in [0.25, 0.3) is 0 Å². The third-order valence-electron chi connectivity index (χ3n) is 0. The average Bonchev–Trinajstić information content (AvgIpc) is 0.918. The molecule has 0 atom stereocenters. The molecular formula is HGeNaO3. The molecule has 0 aliphatic carbocycles. The van der Waals surface area contributed by atoms with Crippen molar-refractivity contribution in [3.8, 4) is 0 Å². The maximum atomic E-state index is 8.50. The van der Waals surface area contributed by atoms with E-state index in [0.717, 1.165) is 0 Å². The summed E-state index contributed by atoms with van der Waals surface area (Å²) in [6.45, 7) is 0. The van der Waals surface area contributed by atoms with Crippen LogP contribution < -0.4 is 29.6 Å². The summed E-state index contributed by atoms with van der Waals surface area (Å²) in [5.41, 5.74) is 0. The predicted octanol–water partition coefficient (Wildman–Crippen LogP) is -3.79. The third-order valence-corrected chi connectivity index (χ3v) is 0. The van der Waals surface area contributed by atoms with Crippen LogP contribution >= 0.6 is 0 Å². The topological polar surface area (TPSA) is 64.1 Å². The molecule has 5 heavy (non-hydrogen) atoms. The fourth-order valence-corrected chi connectivity index (χ4v) is 0. The zero-order valence-electron chi connectivity index (χ0n) is 2.76. The van der Waals surface area contributed by atoms with Gasteiger partial charge >= 0.3 is 52.4 Å². The third kappa shape index (κ3) is 40.4. The molecule has 0 unspecified atom stereocenters. The average molecular weight is 145 g/mol. The van der Waals surface area contributed by atoms with Crippen molar-refractivity contribution in [3.63, 3.8) is 0 Å². The van der Waals surface area contributed by atoms with E-state index in [9.17, 15) is 0 Å². The van der Waals surface area contributed by atoms with Crippen LogP contribution in [0.4, 0.5) is 0 Å². The van der Waals surface area contributed by atoms with E-state index in [1.165, 1.54) is 0 Å². The van der Waals surface area contributed by atoms with Crippen molar-refractivity contribution in [2.24, 2.45) is 0 Å². The monoisotopic (exact) mass is 146 g/mol. The fourth-order valence-electron chi connectivity index (χ4n) is 0. The second-order valence-electron chi connectivity index (χ2n) is 0.0833. The molecule has 1 N–H and O–H groups in total. The van der Waals surface area contributed by atoms with Gasteiger partial charge in [0.25, 0.3) is 0 Å². The molecule has 0 saturated heterocycles. The van der Waals surface area contributed by atoms with Gasteiger partial charge in [-0.2, -0.15) is 0 Å². The molecule has 0 spiro atoms. The van der Waals surface area contributed by atoms with Gasteiger partial charge in [-0.05, 0) is 0 Å². The van der Waals surface area contributed by atoms with Crippen molar-refractivity contribution in [3.05, 3.63) is 0 Å². The van der Waals surface area contributed by atoms with Crippen LogP contribution in [0.5, 0.6) is 0 Å². The molecule has 0 aliphatic heterocycles. The quantitative estimate of drug-likeness (QED) is 0.328. The van der Waals surface area contributed by atoms with Crippen molar-refractivity contribution in [1.29, 1.82) is 0 Å². The van der Waals surface area contributed by atoms with Crippen LogP contribution in [0.3, 0.4) is 0 Å². The molecule has 3 nitrogen and oxygen atoms in total. The Hall–Kier alpha value is 1.10. The molecule has 0 radical (unpaired) electrons. The molecule has 0 amide bonds. The fraction of sp³-hybridized carbons (Fsp3) is 0. The summed E-state index contributed by atoms with van der Waals surface area (Å²) >= 11 is -2.00. The summed E-state index contributed by atoms with van der Waals surface area (Å²) in [7, 11) is 0. The summed E-state index contributed by atoms with van der Waals surface area (Å²) in [6, 6.07) is 0. The number of rotatable bonds is 0. The van der Waals surface area contributed by atoms with Gasteiger partial charge in [-0.1, -0.05) is 0 Å². The van der Waals surface area contributed by atoms with Crippen molar-refractivity contribution in [2.75, 3.05) is 0 Å². The normalized spacial score (nSPS) is 1.60. The Kier molecular flexibility index (Phi) is 64.1. The molecule has 0 bridgehead atoms. The Morgan fingerprint density at radius 1 is 1.20 bits per heavy atom. The first-order valence-corrected chi connectivity index (χ1v) is 2.12. The summed E-state index contributed by atoms with van der Waals surface area (Å²) in [5.74, 6) is 0. The van der Waals surface area contributed by atoms with Crippen molar-refractivity contribution >= 4 is 15.3 Å². The van der Waals surface area contributed by atoms with Crippen molar-refractivity contribution in [1.82, 2.24) is 0 Å². The van der Waals surface area contributed by atoms with Gasteiger partial charge in [0.1, 0.15) is 0 Å².